The second-order valence-electron chi connectivity index (χ2n) is 12.6. The molecule has 2 aromatic carbocycles. The van der Waals surface area contributed by atoms with E-state index in [1.807, 2.05) is 24.3 Å². The quantitative estimate of drug-likeness (QED) is 0.241. The number of halogens is 2. The predicted molar refractivity (Wildman–Crippen MR) is 158 cm³/mol. The molecule has 0 bridgehead atoms. The number of nitrogens with zero attached hydrogens (tertiary/aromatic N) is 1. The van der Waals surface area contributed by atoms with E-state index in [4.69, 9.17) is 32.7 Å². The Balaban J connectivity index is 1.48. The van der Waals surface area contributed by atoms with Crippen molar-refractivity contribution in [3.8, 4) is 5.75 Å². The zero-order chi connectivity index (χ0) is 29.4. The van der Waals surface area contributed by atoms with Crippen molar-refractivity contribution >= 4 is 41.0 Å². The van der Waals surface area contributed by atoms with E-state index >= 15 is 0 Å². The van der Waals surface area contributed by atoms with Crippen molar-refractivity contribution in [3.05, 3.63) is 63.6 Å². The maximum atomic E-state index is 13.2. The van der Waals surface area contributed by atoms with E-state index in [0.717, 1.165) is 41.0 Å². The van der Waals surface area contributed by atoms with Crippen LogP contribution in [0.1, 0.15) is 63.5 Å². The molecule has 41 heavy (non-hydrogen) atoms. The lowest BCUT2D eigenvalue weighted by atomic mass is 9.54. The van der Waals surface area contributed by atoms with Gasteiger partial charge in [-0.25, -0.2) is 0 Å². The van der Waals surface area contributed by atoms with Crippen molar-refractivity contribution in [1.82, 2.24) is 5.32 Å². The lowest BCUT2D eigenvalue weighted by Gasteiger charge is -2.60. The predicted octanol–water partition coefficient (Wildman–Crippen LogP) is 5.63. The molecule has 1 heterocycles. The number of carbonyl (C=O) groups excluding carboxylic acids is 3. The molecule has 2 aliphatic carbocycles. The van der Waals surface area contributed by atoms with E-state index in [-0.39, 0.29) is 30.3 Å². The monoisotopic (exact) mass is 601 g/mol. The second kappa shape index (κ2) is 11.6. The zero-order valence-electron chi connectivity index (χ0n) is 24.0. The molecule has 0 spiro atoms. The van der Waals surface area contributed by atoms with Gasteiger partial charge in [0.05, 0.1) is 36.6 Å². The molecule has 0 radical (unpaired) electrons. The van der Waals surface area contributed by atoms with Crippen LogP contribution in [0.25, 0.3) is 0 Å². The molecule has 5 rings (SSSR count). The van der Waals surface area contributed by atoms with Crippen molar-refractivity contribution in [2.45, 2.75) is 75.9 Å². The Bertz CT molecular complexity index is 1350. The van der Waals surface area contributed by atoms with Gasteiger partial charge in [0.2, 0.25) is 5.91 Å². The second-order valence-corrected chi connectivity index (χ2v) is 13.4. The molecule has 3 aliphatic rings. The number of likely N-dealkylation sites (N-methyl/N-ethyl adjacent to an activating group) is 1. The molecule has 1 aliphatic heterocycles. The first-order valence-electron chi connectivity index (χ1n) is 14.5. The van der Waals surface area contributed by atoms with E-state index < -0.39 is 11.0 Å². The average molecular weight is 603 g/mol. The average Bonchev–Trinajstić information content (AvgIpc) is 3.69. The van der Waals surface area contributed by atoms with Gasteiger partial charge in [-0.2, -0.15) is 0 Å². The molecule has 220 valence electrons. The van der Waals surface area contributed by atoms with E-state index in [1.165, 1.54) is 26.7 Å². The van der Waals surface area contributed by atoms with Crippen LogP contribution in [-0.2, 0) is 31.0 Å². The van der Waals surface area contributed by atoms with Crippen LogP contribution in [0.4, 0.5) is 0 Å². The standard InChI is InChI=1S/C32H38Cl2N2O5/c1-21(37)40-27-6-4-5-25(17-27)31-13-14-36(3,19-23-7-8-23)20-32(31,41-22(2)38)12-11-26(18-31)35-30(39)16-24-9-10-28(33)29(34)15-24/h4-6,9-10,15,17,23,26H,7-8,11-14,16,18-20H2,1-3H3/p+1/t26-,31-,32?,36+/m0/s1. The molecule has 1 unspecified atom stereocenters. The third-order valence-corrected chi connectivity index (χ3v) is 9.92. The number of piperidine rings is 1. The van der Waals surface area contributed by atoms with Crippen LogP contribution in [0.3, 0.4) is 0 Å². The smallest absolute Gasteiger partial charge is 0.308 e. The summed E-state index contributed by atoms with van der Waals surface area (Å²) in [4.78, 5) is 37.7. The van der Waals surface area contributed by atoms with Crippen LogP contribution < -0.4 is 10.1 Å². The summed E-state index contributed by atoms with van der Waals surface area (Å²) in [5.74, 6) is 0.410. The van der Waals surface area contributed by atoms with Gasteiger partial charge in [-0.15, -0.1) is 0 Å². The highest BCUT2D eigenvalue weighted by atomic mass is 35.5. The van der Waals surface area contributed by atoms with Crippen LogP contribution in [0, 0.1) is 5.92 Å². The highest BCUT2D eigenvalue weighted by Gasteiger charge is 2.65. The van der Waals surface area contributed by atoms with Gasteiger partial charge < -0.3 is 19.3 Å². The summed E-state index contributed by atoms with van der Waals surface area (Å²) in [7, 11) is 2.29. The number of benzene rings is 2. The fourth-order valence-corrected chi connectivity index (χ4v) is 7.71. The van der Waals surface area contributed by atoms with Crippen molar-refractivity contribution in [2.75, 3.05) is 26.7 Å². The first-order chi connectivity index (χ1) is 19.4. The Kier molecular flexibility index (Phi) is 8.44. The minimum absolute atomic E-state index is 0.0950. The molecule has 2 saturated carbocycles. The highest BCUT2D eigenvalue weighted by Crippen LogP contribution is 2.55. The SMILES string of the molecule is CC(=O)Oc1cccc([C@@]23CC[N@+](C)(CC4CC4)CC2(OC(C)=O)CC[C@H](NC(=O)Cc2ccc(Cl)c(Cl)c2)C3)c1. The number of quaternary nitrogens is 1. The van der Waals surface area contributed by atoms with E-state index in [9.17, 15) is 14.4 Å². The van der Waals surface area contributed by atoms with Gasteiger partial charge in [-0.05, 0) is 67.5 Å². The summed E-state index contributed by atoms with van der Waals surface area (Å²) in [6.07, 6.45) is 5.42. The zero-order valence-corrected chi connectivity index (χ0v) is 25.5. The summed E-state index contributed by atoms with van der Waals surface area (Å²) < 4.78 is 12.8. The van der Waals surface area contributed by atoms with Gasteiger partial charge in [0, 0.05) is 37.6 Å². The van der Waals surface area contributed by atoms with Crippen LogP contribution in [-0.4, -0.2) is 60.7 Å². The fourth-order valence-electron chi connectivity index (χ4n) is 7.39. The molecule has 1 N–H and O–H groups in total. The number of esters is 2. The third kappa shape index (κ3) is 6.58. The third-order valence-electron chi connectivity index (χ3n) is 9.18. The Morgan fingerprint density at radius 3 is 2.46 bits per heavy atom. The van der Waals surface area contributed by atoms with E-state index in [0.29, 0.717) is 41.6 Å². The number of ether oxygens (including phenoxy) is 2. The molecule has 7 nitrogen and oxygen atoms in total. The molecule has 9 heteroatoms. The lowest BCUT2D eigenvalue weighted by molar-refractivity contribution is -0.924. The Morgan fingerprint density at radius 2 is 1.78 bits per heavy atom. The highest BCUT2D eigenvalue weighted by molar-refractivity contribution is 6.42. The fraction of sp³-hybridized carbons (Fsp3) is 0.531. The van der Waals surface area contributed by atoms with Gasteiger partial charge in [0.1, 0.15) is 12.3 Å². The number of fused-ring (bicyclic) bond motifs is 1. The molecule has 3 fully saturated rings. The van der Waals surface area contributed by atoms with Gasteiger partial charge >= 0.3 is 11.9 Å². The number of likely N-dealkylation sites (tertiary alicyclic amines) is 1. The van der Waals surface area contributed by atoms with Crippen LogP contribution in [0.5, 0.6) is 5.75 Å². The lowest BCUT2D eigenvalue weighted by Crippen LogP contribution is -2.72. The molecule has 1 amide bonds. The van der Waals surface area contributed by atoms with Gasteiger partial charge in [-0.1, -0.05) is 41.4 Å². The number of rotatable bonds is 8. The maximum absolute atomic E-state index is 13.2. The largest absolute Gasteiger partial charge is 0.452 e. The Morgan fingerprint density at radius 1 is 1.00 bits per heavy atom. The number of carbonyl (C=O) groups is 3. The normalized spacial score (nSPS) is 29.2. The Labute approximate surface area is 252 Å². The van der Waals surface area contributed by atoms with Crippen molar-refractivity contribution in [3.63, 3.8) is 0 Å². The molecular formula is C32H39Cl2N2O5+. The summed E-state index contributed by atoms with van der Waals surface area (Å²) >= 11 is 12.2. The van der Waals surface area contributed by atoms with Crippen molar-refractivity contribution < 1.29 is 28.3 Å². The first-order valence-corrected chi connectivity index (χ1v) is 15.2. The number of nitrogens with one attached hydrogen (secondary N) is 1. The summed E-state index contributed by atoms with van der Waals surface area (Å²) in [5, 5.41) is 4.13. The van der Waals surface area contributed by atoms with E-state index in [1.54, 1.807) is 18.2 Å². The van der Waals surface area contributed by atoms with Crippen molar-refractivity contribution in [1.29, 1.82) is 0 Å². The summed E-state index contributed by atoms with van der Waals surface area (Å²) in [6, 6.07) is 12.7. The summed E-state index contributed by atoms with van der Waals surface area (Å²) in [5.41, 5.74) is 0.450. The van der Waals surface area contributed by atoms with Crippen LogP contribution >= 0.6 is 23.2 Å². The number of hydrogen-bond donors (Lipinski definition) is 1. The van der Waals surface area contributed by atoms with Gasteiger partial charge in [-0.3, -0.25) is 14.4 Å². The first kappa shape index (κ1) is 29.9. The minimum Gasteiger partial charge on any atom is -0.452 e. The van der Waals surface area contributed by atoms with Gasteiger partial charge in [0.15, 0.2) is 5.60 Å². The summed E-state index contributed by atoms with van der Waals surface area (Å²) in [6.45, 7) is 5.60. The molecule has 0 aromatic heterocycles. The Hall–Kier alpha value is -2.61. The molecule has 4 atom stereocenters. The number of hydrogen-bond acceptors (Lipinski definition) is 5. The van der Waals surface area contributed by atoms with Crippen LogP contribution in [0.15, 0.2) is 42.5 Å². The van der Waals surface area contributed by atoms with Gasteiger partial charge in [0.25, 0.3) is 0 Å². The maximum Gasteiger partial charge on any atom is 0.308 e. The minimum atomic E-state index is -0.750. The molecule has 2 aromatic rings. The topological polar surface area (TPSA) is 81.7 Å². The number of amides is 1. The van der Waals surface area contributed by atoms with E-state index in [2.05, 4.69) is 12.4 Å². The van der Waals surface area contributed by atoms with Crippen LogP contribution in [0.2, 0.25) is 10.0 Å². The van der Waals surface area contributed by atoms with Crippen molar-refractivity contribution in [2.24, 2.45) is 5.92 Å². The molecule has 1 saturated heterocycles. The molecular weight excluding hydrogens is 563 g/mol.